The van der Waals surface area contributed by atoms with Crippen LogP contribution in [-0.4, -0.2) is 40.0 Å². The number of rotatable bonds is 8. The van der Waals surface area contributed by atoms with Crippen LogP contribution in [0.4, 0.5) is 5.69 Å². The second kappa shape index (κ2) is 9.53. The summed E-state index contributed by atoms with van der Waals surface area (Å²) in [7, 11) is 0. The van der Waals surface area contributed by atoms with Crippen LogP contribution in [0.2, 0.25) is 0 Å². The van der Waals surface area contributed by atoms with E-state index in [2.05, 4.69) is 15.6 Å². The molecule has 2 amide bonds. The Bertz CT molecular complexity index is 1290. The van der Waals surface area contributed by atoms with Crippen molar-refractivity contribution < 1.29 is 19.1 Å². The monoisotopic (exact) mass is 468 g/mol. The zero-order chi connectivity index (χ0) is 23.5. The van der Waals surface area contributed by atoms with Gasteiger partial charge in [-0.2, -0.15) is 0 Å². The lowest BCUT2D eigenvalue weighted by molar-refractivity contribution is -0.147. The zero-order valence-corrected chi connectivity index (χ0v) is 19.2. The molecular weight excluding hydrogens is 444 g/mol. The number of fused-ring (bicyclic) bond motifs is 1. The Balaban J connectivity index is 1.30. The maximum atomic E-state index is 12.7. The molecule has 1 fully saturated rings. The van der Waals surface area contributed by atoms with Crippen LogP contribution in [0, 0.1) is 13.8 Å². The highest BCUT2D eigenvalue weighted by molar-refractivity contribution is 7.18. The fraction of sp³-hybridized carbons (Fsp3) is 0.348. The number of nitrogens with zero attached hydrogens (tertiary/aromatic N) is 2. The van der Waals surface area contributed by atoms with E-state index in [4.69, 9.17) is 4.74 Å². The van der Waals surface area contributed by atoms with E-state index in [1.54, 1.807) is 24.3 Å². The lowest BCUT2D eigenvalue weighted by atomic mass is 10.1. The second-order valence-corrected chi connectivity index (χ2v) is 9.16. The van der Waals surface area contributed by atoms with E-state index in [0.717, 1.165) is 23.3 Å². The number of ether oxygens (including phenoxy) is 1. The molecule has 33 heavy (non-hydrogen) atoms. The summed E-state index contributed by atoms with van der Waals surface area (Å²) in [5.74, 6) is -1.42. The molecule has 0 spiro atoms. The van der Waals surface area contributed by atoms with Gasteiger partial charge in [0, 0.05) is 17.5 Å². The Morgan fingerprint density at radius 1 is 1.21 bits per heavy atom. The quantitative estimate of drug-likeness (QED) is 0.491. The van der Waals surface area contributed by atoms with Gasteiger partial charge in [-0.05, 0) is 44.4 Å². The molecule has 2 N–H and O–H groups in total. The third-order valence-corrected chi connectivity index (χ3v) is 6.55. The van der Waals surface area contributed by atoms with Gasteiger partial charge in [-0.15, -0.1) is 11.3 Å². The first-order chi connectivity index (χ1) is 15.8. The van der Waals surface area contributed by atoms with Crippen molar-refractivity contribution in [3.8, 4) is 0 Å². The molecule has 10 heteroatoms. The van der Waals surface area contributed by atoms with Gasteiger partial charge < -0.3 is 15.4 Å². The first-order valence-corrected chi connectivity index (χ1v) is 11.5. The lowest BCUT2D eigenvalue weighted by Crippen LogP contribution is -2.28. The SMILES string of the molecule is Cc1sc2ncn(CCC(=O)OCC(=O)Nc3ccccc3C(=O)NC3CC3)c(=O)c2c1C. The van der Waals surface area contributed by atoms with Crippen molar-refractivity contribution in [2.45, 2.75) is 45.7 Å². The summed E-state index contributed by atoms with van der Waals surface area (Å²) in [6.07, 6.45) is 3.25. The third kappa shape index (κ3) is 5.28. The summed E-state index contributed by atoms with van der Waals surface area (Å²) in [4.78, 5) is 55.4. The van der Waals surface area contributed by atoms with E-state index >= 15 is 0 Å². The minimum Gasteiger partial charge on any atom is -0.456 e. The number of anilines is 1. The highest BCUT2D eigenvalue weighted by Gasteiger charge is 2.25. The molecule has 0 unspecified atom stereocenters. The molecular formula is C23H24N4O5S. The fourth-order valence-electron chi connectivity index (χ4n) is 3.33. The molecule has 0 bridgehead atoms. The fourth-order valence-corrected chi connectivity index (χ4v) is 4.31. The number of esters is 1. The minimum absolute atomic E-state index is 0.0804. The van der Waals surface area contributed by atoms with Crippen molar-refractivity contribution in [1.82, 2.24) is 14.9 Å². The Kier molecular flexibility index (Phi) is 6.55. The van der Waals surface area contributed by atoms with Crippen molar-refractivity contribution in [2.24, 2.45) is 0 Å². The highest BCUT2D eigenvalue weighted by Crippen LogP contribution is 2.25. The number of aromatic nitrogens is 2. The van der Waals surface area contributed by atoms with Gasteiger partial charge >= 0.3 is 5.97 Å². The van der Waals surface area contributed by atoms with E-state index in [0.29, 0.717) is 21.5 Å². The Morgan fingerprint density at radius 3 is 2.73 bits per heavy atom. The molecule has 1 saturated carbocycles. The standard InChI is InChI=1S/C23H24N4O5S/c1-13-14(2)33-22-20(13)23(31)27(12-24-22)10-9-19(29)32-11-18(28)26-17-6-4-3-5-16(17)21(30)25-15-7-8-15/h3-6,12,15H,7-11H2,1-2H3,(H,25,30)(H,26,28). The normalized spacial score (nSPS) is 13.0. The predicted molar refractivity (Wildman–Crippen MR) is 124 cm³/mol. The topological polar surface area (TPSA) is 119 Å². The number of amides is 2. The number of aryl methyl sites for hydroxylation is 3. The highest BCUT2D eigenvalue weighted by atomic mass is 32.1. The van der Waals surface area contributed by atoms with Crippen LogP contribution in [0.5, 0.6) is 0 Å². The molecule has 0 radical (unpaired) electrons. The Morgan fingerprint density at radius 2 is 1.97 bits per heavy atom. The van der Waals surface area contributed by atoms with Gasteiger partial charge in [-0.25, -0.2) is 4.98 Å². The van der Waals surface area contributed by atoms with Gasteiger partial charge in [0.15, 0.2) is 6.61 Å². The van der Waals surface area contributed by atoms with Crippen molar-refractivity contribution in [2.75, 3.05) is 11.9 Å². The number of benzene rings is 1. The van der Waals surface area contributed by atoms with Crippen molar-refractivity contribution in [3.05, 3.63) is 57.0 Å². The molecule has 4 rings (SSSR count). The lowest BCUT2D eigenvalue weighted by Gasteiger charge is -2.11. The van der Waals surface area contributed by atoms with E-state index < -0.39 is 18.5 Å². The number of nitrogens with one attached hydrogen (secondary N) is 2. The number of para-hydroxylation sites is 1. The molecule has 0 atom stereocenters. The van der Waals surface area contributed by atoms with Crippen LogP contribution in [0.15, 0.2) is 35.4 Å². The summed E-state index contributed by atoms with van der Waals surface area (Å²) in [5.41, 5.74) is 1.40. The van der Waals surface area contributed by atoms with Crippen LogP contribution in [-0.2, 0) is 20.9 Å². The third-order valence-electron chi connectivity index (χ3n) is 5.44. The number of carbonyl (C=O) groups is 3. The van der Waals surface area contributed by atoms with E-state index in [9.17, 15) is 19.2 Å². The van der Waals surface area contributed by atoms with Crippen molar-refractivity contribution in [3.63, 3.8) is 0 Å². The summed E-state index contributed by atoms with van der Waals surface area (Å²) in [6, 6.07) is 6.85. The van der Waals surface area contributed by atoms with Crippen LogP contribution >= 0.6 is 11.3 Å². The van der Waals surface area contributed by atoms with Gasteiger partial charge in [0.05, 0.1) is 29.4 Å². The average molecular weight is 469 g/mol. The van der Waals surface area contributed by atoms with Gasteiger partial charge in [-0.3, -0.25) is 23.7 Å². The molecule has 1 aliphatic rings. The number of carbonyl (C=O) groups excluding carboxylic acids is 3. The smallest absolute Gasteiger partial charge is 0.308 e. The Hall–Kier alpha value is -3.53. The molecule has 1 aromatic carbocycles. The molecule has 0 saturated heterocycles. The molecule has 2 heterocycles. The van der Waals surface area contributed by atoms with Crippen LogP contribution in [0.25, 0.3) is 10.2 Å². The molecule has 3 aromatic rings. The molecule has 172 valence electrons. The van der Waals surface area contributed by atoms with Crippen molar-refractivity contribution in [1.29, 1.82) is 0 Å². The largest absolute Gasteiger partial charge is 0.456 e. The first-order valence-electron chi connectivity index (χ1n) is 10.6. The Labute approximate surface area is 193 Å². The van der Waals surface area contributed by atoms with Gasteiger partial charge in [0.2, 0.25) is 0 Å². The first kappa shape index (κ1) is 22.7. The van der Waals surface area contributed by atoms with E-state index in [-0.39, 0.29) is 30.5 Å². The molecule has 2 aromatic heterocycles. The summed E-state index contributed by atoms with van der Waals surface area (Å²) >= 11 is 1.46. The van der Waals surface area contributed by atoms with Crippen LogP contribution in [0.1, 0.15) is 40.1 Å². The van der Waals surface area contributed by atoms with Crippen molar-refractivity contribution >= 4 is 45.0 Å². The maximum absolute atomic E-state index is 12.7. The summed E-state index contributed by atoms with van der Waals surface area (Å²) in [6.45, 7) is 3.42. The minimum atomic E-state index is -0.616. The van der Waals surface area contributed by atoms with Crippen LogP contribution in [0.3, 0.4) is 0 Å². The number of thiophene rings is 1. The maximum Gasteiger partial charge on any atom is 0.308 e. The molecule has 0 aliphatic heterocycles. The average Bonchev–Trinajstić information content (AvgIpc) is 3.55. The summed E-state index contributed by atoms with van der Waals surface area (Å²) < 4.78 is 6.42. The van der Waals surface area contributed by atoms with Gasteiger partial charge in [-0.1, -0.05) is 12.1 Å². The van der Waals surface area contributed by atoms with E-state index in [1.165, 1.54) is 22.2 Å². The molecule has 1 aliphatic carbocycles. The van der Waals surface area contributed by atoms with Crippen LogP contribution < -0.4 is 16.2 Å². The van der Waals surface area contributed by atoms with E-state index in [1.807, 2.05) is 13.8 Å². The molecule has 9 nitrogen and oxygen atoms in total. The predicted octanol–water partition coefficient (Wildman–Crippen LogP) is 2.54. The summed E-state index contributed by atoms with van der Waals surface area (Å²) in [5, 5.41) is 6.06. The van der Waals surface area contributed by atoms with Gasteiger partial charge in [0.25, 0.3) is 17.4 Å². The zero-order valence-electron chi connectivity index (χ0n) is 18.3. The van der Waals surface area contributed by atoms with Gasteiger partial charge in [0.1, 0.15) is 4.83 Å². The number of hydrogen-bond acceptors (Lipinski definition) is 7. The second-order valence-electron chi connectivity index (χ2n) is 7.96. The number of hydrogen-bond donors (Lipinski definition) is 2.